The Morgan fingerprint density at radius 3 is 2.54 bits per heavy atom. The number of fused-ring (bicyclic) bond motifs is 1. The first kappa shape index (κ1) is 18.7. The maximum absolute atomic E-state index is 12.6. The summed E-state index contributed by atoms with van der Waals surface area (Å²) in [4.78, 5) is 12.3. The van der Waals surface area contributed by atoms with Gasteiger partial charge in [0.25, 0.3) is 10.0 Å². The van der Waals surface area contributed by atoms with Gasteiger partial charge in [-0.1, -0.05) is 34.8 Å². The standard InChI is InChI=1S/C14H14ClN5O4S2/c1-20-8-12(18-11(20)6-7-25(21)22)26(23,24)19-14-13(15)16-9-4-2-3-5-10(9)17-14/h2-5,8H,6-7H2,1H3,(H,17,19)(H,21,22)/p-1. The van der Waals surface area contributed by atoms with E-state index in [1.54, 1.807) is 31.3 Å². The van der Waals surface area contributed by atoms with Crippen LogP contribution in [0.3, 0.4) is 0 Å². The van der Waals surface area contributed by atoms with Crippen LogP contribution in [0, 0.1) is 0 Å². The second-order valence-electron chi connectivity index (χ2n) is 5.32. The molecular weight excluding hydrogens is 402 g/mol. The summed E-state index contributed by atoms with van der Waals surface area (Å²) in [6, 6.07) is 6.89. The zero-order valence-electron chi connectivity index (χ0n) is 13.4. The van der Waals surface area contributed by atoms with Crippen LogP contribution in [0.1, 0.15) is 5.82 Å². The lowest BCUT2D eigenvalue weighted by Crippen LogP contribution is -2.15. The minimum Gasteiger partial charge on any atom is -0.772 e. The third-order valence-corrected chi connectivity index (χ3v) is 5.49. The van der Waals surface area contributed by atoms with Gasteiger partial charge < -0.3 is 9.12 Å². The van der Waals surface area contributed by atoms with Crippen molar-refractivity contribution in [3.63, 3.8) is 0 Å². The van der Waals surface area contributed by atoms with Gasteiger partial charge in [0.1, 0.15) is 5.82 Å². The van der Waals surface area contributed by atoms with Gasteiger partial charge in [0, 0.05) is 25.4 Å². The molecule has 2 heterocycles. The molecule has 1 atom stereocenters. The minimum atomic E-state index is -4.07. The quantitative estimate of drug-likeness (QED) is 0.600. The van der Waals surface area contributed by atoms with E-state index in [2.05, 4.69) is 19.7 Å². The van der Waals surface area contributed by atoms with Crippen LogP contribution in [0.15, 0.2) is 35.5 Å². The predicted octanol–water partition coefficient (Wildman–Crippen LogP) is 1.24. The Kier molecular flexibility index (Phi) is 5.23. The molecule has 0 aliphatic heterocycles. The smallest absolute Gasteiger partial charge is 0.282 e. The van der Waals surface area contributed by atoms with Gasteiger partial charge in [0.05, 0.1) is 11.0 Å². The van der Waals surface area contributed by atoms with Gasteiger partial charge in [-0.3, -0.25) is 8.93 Å². The van der Waals surface area contributed by atoms with Gasteiger partial charge in [-0.15, -0.1) is 0 Å². The highest BCUT2D eigenvalue weighted by atomic mass is 35.5. The third kappa shape index (κ3) is 4.01. The van der Waals surface area contributed by atoms with Crippen molar-refractivity contribution in [2.75, 3.05) is 10.5 Å². The van der Waals surface area contributed by atoms with E-state index >= 15 is 0 Å². The number of imidazole rings is 1. The van der Waals surface area contributed by atoms with E-state index in [0.29, 0.717) is 16.9 Å². The van der Waals surface area contributed by atoms with E-state index < -0.39 is 21.1 Å². The van der Waals surface area contributed by atoms with Crippen LogP contribution >= 0.6 is 11.6 Å². The first-order valence-electron chi connectivity index (χ1n) is 7.29. The molecule has 26 heavy (non-hydrogen) atoms. The largest absolute Gasteiger partial charge is 0.772 e. The number of para-hydroxylation sites is 2. The van der Waals surface area contributed by atoms with Crippen molar-refractivity contribution >= 4 is 49.6 Å². The summed E-state index contributed by atoms with van der Waals surface area (Å²) in [5.41, 5.74) is 1.01. The Balaban J connectivity index is 1.91. The molecule has 1 N–H and O–H groups in total. The Morgan fingerprint density at radius 1 is 1.23 bits per heavy atom. The number of benzene rings is 1. The number of nitrogens with zero attached hydrogens (tertiary/aromatic N) is 4. The maximum atomic E-state index is 12.6. The van der Waals surface area contributed by atoms with Gasteiger partial charge in [-0.05, 0) is 12.1 Å². The first-order chi connectivity index (χ1) is 12.3. The van der Waals surface area contributed by atoms with Crippen molar-refractivity contribution in [2.24, 2.45) is 7.05 Å². The van der Waals surface area contributed by atoms with E-state index in [1.165, 1.54) is 10.8 Å². The number of halogens is 1. The molecule has 3 rings (SSSR count). The van der Waals surface area contributed by atoms with E-state index in [-0.39, 0.29) is 28.2 Å². The lowest BCUT2D eigenvalue weighted by molar-refractivity contribution is 0.535. The molecule has 0 saturated carbocycles. The second kappa shape index (κ2) is 7.27. The van der Waals surface area contributed by atoms with E-state index in [1.807, 2.05) is 0 Å². The lowest BCUT2D eigenvalue weighted by atomic mass is 10.3. The molecule has 0 aliphatic carbocycles. The Labute approximate surface area is 156 Å². The average molecular weight is 415 g/mol. The lowest BCUT2D eigenvalue weighted by Gasteiger charge is -2.07. The molecule has 0 fully saturated rings. The van der Waals surface area contributed by atoms with Gasteiger partial charge in [0.15, 0.2) is 16.0 Å². The summed E-state index contributed by atoms with van der Waals surface area (Å²) in [5.74, 6) is 0.0585. The topological polar surface area (TPSA) is 130 Å². The van der Waals surface area contributed by atoms with Crippen molar-refractivity contribution in [1.29, 1.82) is 0 Å². The minimum absolute atomic E-state index is 0.0924. The first-order valence-corrected chi connectivity index (χ1v) is 10.4. The maximum Gasteiger partial charge on any atom is 0.282 e. The van der Waals surface area contributed by atoms with Crippen LogP contribution in [0.5, 0.6) is 0 Å². The second-order valence-corrected chi connectivity index (χ2v) is 8.32. The summed E-state index contributed by atoms with van der Waals surface area (Å²) < 4.78 is 50.2. The van der Waals surface area contributed by atoms with Crippen LogP contribution in [-0.2, 0) is 34.6 Å². The molecule has 0 spiro atoms. The van der Waals surface area contributed by atoms with Crippen LogP contribution in [0.4, 0.5) is 5.82 Å². The average Bonchev–Trinajstić information content (AvgIpc) is 2.95. The van der Waals surface area contributed by atoms with Crippen molar-refractivity contribution in [3.05, 3.63) is 41.4 Å². The molecule has 0 radical (unpaired) electrons. The number of rotatable bonds is 6. The van der Waals surface area contributed by atoms with Crippen LogP contribution in [0.2, 0.25) is 5.15 Å². The highest BCUT2D eigenvalue weighted by molar-refractivity contribution is 7.92. The fourth-order valence-electron chi connectivity index (χ4n) is 2.23. The zero-order valence-corrected chi connectivity index (χ0v) is 15.8. The van der Waals surface area contributed by atoms with Gasteiger partial charge in [-0.25, -0.2) is 15.0 Å². The molecule has 0 amide bonds. The van der Waals surface area contributed by atoms with E-state index in [9.17, 15) is 17.2 Å². The molecule has 12 heteroatoms. The summed E-state index contributed by atoms with van der Waals surface area (Å²) in [6.45, 7) is 0. The molecule has 9 nitrogen and oxygen atoms in total. The third-order valence-electron chi connectivity index (χ3n) is 3.48. The molecule has 1 aromatic carbocycles. The zero-order chi connectivity index (χ0) is 18.9. The van der Waals surface area contributed by atoms with Crippen molar-refractivity contribution in [1.82, 2.24) is 19.5 Å². The van der Waals surface area contributed by atoms with Crippen LogP contribution < -0.4 is 4.72 Å². The number of nitrogens with one attached hydrogen (secondary N) is 1. The van der Waals surface area contributed by atoms with Crippen LogP contribution in [-0.4, -0.2) is 42.5 Å². The Hall–Kier alpha value is -2.08. The SMILES string of the molecule is Cn1cc(S(=O)(=O)Nc2nc3ccccc3nc2Cl)nc1CCS(=O)[O-]. The Bertz CT molecular complexity index is 1100. The van der Waals surface area contributed by atoms with Gasteiger partial charge >= 0.3 is 0 Å². The van der Waals surface area contributed by atoms with Crippen molar-refractivity contribution in [3.8, 4) is 0 Å². The highest BCUT2D eigenvalue weighted by Crippen LogP contribution is 2.23. The highest BCUT2D eigenvalue weighted by Gasteiger charge is 2.22. The molecule has 1 unspecified atom stereocenters. The summed E-state index contributed by atoms with van der Waals surface area (Å²) in [7, 11) is -2.49. The summed E-state index contributed by atoms with van der Waals surface area (Å²) >= 11 is 3.78. The molecule has 0 aliphatic rings. The van der Waals surface area contributed by atoms with Gasteiger partial charge in [0.2, 0.25) is 0 Å². The monoisotopic (exact) mass is 414 g/mol. The Morgan fingerprint density at radius 2 is 1.88 bits per heavy atom. The number of anilines is 1. The van der Waals surface area contributed by atoms with Gasteiger partial charge in [-0.2, -0.15) is 8.42 Å². The van der Waals surface area contributed by atoms with E-state index in [4.69, 9.17) is 11.6 Å². The molecule has 138 valence electrons. The molecule has 0 bridgehead atoms. The van der Waals surface area contributed by atoms with Crippen molar-refractivity contribution < 1.29 is 17.2 Å². The molecule has 2 aromatic heterocycles. The number of aryl methyl sites for hydroxylation is 2. The number of hydrogen-bond acceptors (Lipinski definition) is 7. The molecule has 0 saturated heterocycles. The number of aromatic nitrogens is 4. The normalized spacial score (nSPS) is 13.0. The van der Waals surface area contributed by atoms with Crippen molar-refractivity contribution in [2.45, 2.75) is 11.4 Å². The van der Waals surface area contributed by atoms with E-state index in [0.717, 1.165) is 0 Å². The molecular formula is C14H13ClN5O4S2-. The summed E-state index contributed by atoms with van der Waals surface area (Å²) in [6.07, 6.45) is 1.38. The fourth-order valence-corrected chi connectivity index (χ4v) is 3.84. The number of hydrogen-bond donors (Lipinski definition) is 1. The number of sulfonamides is 1. The fraction of sp³-hybridized carbons (Fsp3) is 0.214. The van der Waals surface area contributed by atoms with Crippen LogP contribution in [0.25, 0.3) is 11.0 Å². The molecule has 3 aromatic rings. The predicted molar refractivity (Wildman–Crippen MR) is 96.1 cm³/mol. The summed E-state index contributed by atoms with van der Waals surface area (Å²) in [5, 5.41) is -0.358.